The van der Waals surface area contributed by atoms with Crippen molar-refractivity contribution in [2.45, 2.75) is 18.2 Å². The highest BCUT2D eigenvalue weighted by molar-refractivity contribution is 7.90. The summed E-state index contributed by atoms with van der Waals surface area (Å²) in [5.41, 5.74) is 0.652. The Labute approximate surface area is 156 Å². The fourth-order valence-electron chi connectivity index (χ4n) is 1.92. The minimum absolute atomic E-state index is 0.0916. The van der Waals surface area contributed by atoms with Gasteiger partial charge in [0.2, 0.25) is 0 Å². The molecule has 9 heteroatoms. The van der Waals surface area contributed by atoms with Crippen LogP contribution in [0.3, 0.4) is 0 Å². The van der Waals surface area contributed by atoms with Crippen LogP contribution in [0.25, 0.3) is 0 Å². The van der Waals surface area contributed by atoms with Crippen LogP contribution in [0.1, 0.15) is 23.7 Å². The number of anilines is 1. The van der Waals surface area contributed by atoms with Gasteiger partial charge in [-0.15, -0.1) is 0 Å². The van der Waals surface area contributed by atoms with E-state index >= 15 is 0 Å². The third-order valence-electron chi connectivity index (χ3n) is 3.17. The number of hydrogen-bond acceptors (Lipinski definition) is 5. The van der Waals surface area contributed by atoms with Crippen LogP contribution >= 0.6 is 11.6 Å². The fraction of sp³-hybridized carbons (Fsp3) is 0.176. The van der Waals surface area contributed by atoms with Gasteiger partial charge in [-0.2, -0.15) is 0 Å². The van der Waals surface area contributed by atoms with Gasteiger partial charge in [0, 0.05) is 10.7 Å². The first-order valence-corrected chi connectivity index (χ1v) is 9.54. The van der Waals surface area contributed by atoms with E-state index in [2.05, 4.69) is 5.32 Å². The first-order chi connectivity index (χ1) is 12.3. The van der Waals surface area contributed by atoms with Gasteiger partial charge in [-0.3, -0.25) is 0 Å². The van der Waals surface area contributed by atoms with E-state index in [0.717, 1.165) is 0 Å². The number of sulfonamides is 1. The maximum atomic E-state index is 12.1. The van der Waals surface area contributed by atoms with Crippen molar-refractivity contribution in [3.8, 4) is 0 Å². The van der Waals surface area contributed by atoms with Crippen molar-refractivity contribution in [3.05, 3.63) is 59.1 Å². The number of ether oxygens (including phenoxy) is 1. The standard InChI is InChI=1S/C17H17ClN2O5S/c1-2-11-25-16(21)12-3-7-14(8-4-12)19-17(22)20-26(23,24)15-9-5-13(18)6-10-15/h3-10H,2,11H2,1H3,(H2,19,20,22). The molecule has 0 aromatic heterocycles. The van der Waals surface area contributed by atoms with E-state index in [1.807, 2.05) is 11.6 Å². The predicted molar refractivity (Wildman–Crippen MR) is 97.8 cm³/mol. The molecule has 0 spiro atoms. The normalized spacial score (nSPS) is 10.8. The number of halogens is 1. The summed E-state index contributed by atoms with van der Waals surface area (Å²) in [6, 6.07) is 10.3. The highest BCUT2D eigenvalue weighted by Crippen LogP contribution is 2.15. The summed E-state index contributed by atoms with van der Waals surface area (Å²) >= 11 is 5.71. The molecule has 0 saturated carbocycles. The lowest BCUT2D eigenvalue weighted by molar-refractivity contribution is 0.0505. The van der Waals surface area contributed by atoms with Crippen LogP contribution in [0.2, 0.25) is 5.02 Å². The number of carbonyl (C=O) groups is 2. The molecule has 0 saturated heterocycles. The van der Waals surface area contributed by atoms with Crippen LogP contribution in [0.4, 0.5) is 10.5 Å². The second-order valence-electron chi connectivity index (χ2n) is 5.23. The van der Waals surface area contributed by atoms with E-state index in [0.29, 0.717) is 29.3 Å². The molecule has 2 aromatic rings. The number of carbonyl (C=O) groups excluding carboxylic acids is 2. The smallest absolute Gasteiger partial charge is 0.338 e. The van der Waals surface area contributed by atoms with Crippen molar-refractivity contribution in [2.75, 3.05) is 11.9 Å². The Kier molecular flexibility index (Phi) is 6.59. The molecule has 0 fully saturated rings. The summed E-state index contributed by atoms with van der Waals surface area (Å²) in [7, 11) is -4.02. The van der Waals surface area contributed by atoms with E-state index < -0.39 is 22.0 Å². The minimum Gasteiger partial charge on any atom is -0.462 e. The average Bonchev–Trinajstić information content (AvgIpc) is 2.60. The number of hydrogen-bond donors (Lipinski definition) is 2. The molecule has 2 N–H and O–H groups in total. The van der Waals surface area contributed by atoms with Crippen molar-refractivity contribution < 1.29 is 22.7 Å². The topological polar surface area (TPSA) is 102 Å². The Hall–Kier alpha value is -2.58. The Morgan fingerprint density at radius 1 is 1.04 bits per heavy atom. The largest absolute Gasteiger partial charge is 0.462 e. The average molecular weight is 397 g/mol. The highest BCUT2D eigenvalue weighted by Gasteiger charge is 2.17. The van der Waals surface area contributed by atoms with Crippen molar-refractivity contribution in [1.29, 1.82) is 0 Å². The number of benzene rings is 2. The molecule has 26 heavy (non-hydrogen) atoms. The molecule has 0 atom stereocenters. The number of urea groups is 1. The molecule has 0 unspecified atom stereocenters. The number of amides is 2. The fourth-order valence-corrected chi connectivity index (χ4v) is 2.95. The molecule has 0 radical (unpaired) electrons. The van der Waals surface area contributed by atoms with Gasteiger partial charge < -0.3 is 10.1 Å². The first kappa shape index (κ1) is 19.7. The van der Waals surface area contributed by atoms with E-state index in [4.69, 9.17) is 16.3 Å². The lowest BCUT2D eigenvalue weighted by Gasteiger charge is -2.09. The van der Waals surface area contributed by atoms with Gasteiger partial charge in [-0.1, -0.05) is 18.5 Å². The lowest BCUT2D eigenvalue weighted by Crippen LogP contribution is -2.34. The monoisotopic (exact) mass is 396 g/mol. The zero-order valence-electron chi connectivity index (χ0n) is 13.9. The Balaban J connectivity index is 1.99. The second-order valence-corrected chi connectivity index (χ2v) is 7.35. The second kappa shape index (κ2) is 8.68. The van der Waals surface area contributed by atoms with E-state index in [9.17, 15) is 18.0 Å². The number of rotatable bonds is 6. The van der Waals surface area contributed by atoms with Gasteiger partial charge in [0.15, 0.2) is 0 Å². The molecular formula is C17H17ClN2O5S. The zero-order valence-corrected chi connectivity index (χ0v) is 15.4. The van der Waals surface area contributed by atoms with Gasteiger partial charge >= 0.3 is 12.0 Å². The Morgan fingerprint density at radius 2 is 1.65 bits per heavy atom. The third kappa shape index (κ3) is 5.47. The summed E-state index contributed by atoms with van der Waals surface area (Å²) < 4.78 is 31.1. The molecule has 0 aliphatic rings. The molecule has 138 valence electrons. The molecule has 0 bridgehead atoms. The predicted octanol–water partition coefficient (Wildman–Crippen LogP) is 3.42. The maximum absolute atomic E-state index is 12.1. The molecular weight excluding hydrogens is 380 g/mol. The number of nitrogens with one attached hydrogen (secondary N) is 2. The third-order valence-corrected chi connectivity index (χ3v) is 4.77. The van der Waals surface area contributed by atoms with Crippen LogP contribution < -0.4 is 10.0 Å². The molecule has 2 rings (SSSR count). The summed E-state index contributed by atoms with van der Waals surface area (Å²) in [5.74, 6) is -0.465. The number of esters is 1. The molecule has 0 aliphatic carbocycles. The molecule has 0 aliphatic heterocycles. The molecule has 7 nitrogen and oxygen atoms in total. The highest BCUT2D eigenvalue weighted by atomic mass is 35.5. The van der Waals surface area contributed by atoms with Crippen LogP contribution in [-0.4, -0.2) is 27.0 Å². The van der Waals surface area contributed by atoms with Crippen molar-refractivity contribution in [2.24, 2.45) is 0 Å². The molecule has 2 amide bonds. The molecule has 0 heterocycles. The summed E-state index contributed by atoms with van der Waals surface area (Å²) in [6.07, 6.45) is 0.716. The van der Waals surface area contributed by atoms with Gasteiger partial charge in [-0.25, -0.2) is 22.7 Å². The maximum Gasteiger partial charge on any atom is 0.338 e. The zero-order chi connectivity index (χ0) is 19.2. The molecule has 2 aromatic carbocycles. The van der Waals surface area contributed by atoms with E-state index in [1.54, 1.807) is 0 Å². The quantitative estimate of drug-likeness (QED) is 0.728. The van der Waals surface area contributed by atoms with Crippen LogP contribution in [0, 0.1) is 0 Å². The van der Waals surface area contributed by atoms with Crippen LogP contribution in [-0.2, 0) is 14.8 Å². The van der Waals surface area contributed by atoms with Crippen LogP contribution in [0.15, 0.2) is 53.4 Å². The van der Waals surface area contributed by atoms with Crippen molar-refractivity contribution >= 4 is 39.3 Å². The van der Waals surface area contributed by atoms with Gasteiger partial charge in [0.1, 0.15) is 0 Å². The summed E-state index contributed by atoms with van der Waals surface area (Å²) in [5, 5.41) is 2.76. The lowest BCUT2D eigenvalue weighted by atomic mass is 10.2. The van der Waals surface area contributed by atoms with Gasteiger partial charge in [0.25, 0.3) is 10.0 Å². The van der Waals surface area contributed by atoms with Crippen LogP contribution in [0.5, 0.6) is 0 Å². The summed E-state index contributed by atoms with van der Waals surface area (Å²) in [4.78, 5) is 23.5. The van der Waals surface area contributed by atoms with Gasteiger partial charge in [0.05, 0.1) is 17.1 Å². The minimum atomic E-state index is -4.02. The summed E-state index contributed by atoms with van der Waals surface area (Å²) in [6.45, 7) is 2.21. The van der Waals surface area contributed by atoms with Gasteiger partial charge in [-0.05, 0) is 55.0 Å². The Morgan fingerprint density at radius 3 is 2.23 bits per heavy atom. The van der Waals surface area contributed by atoms with E-state index in [1.165, 1.54) is 48.5 Å². The van der Waals surface area contributed by atoms with Crippen molar-refractivity contribution in [1.82, 2.24) is 4.72 Å². The first-order valence-electron chi connectivity index (χ1n) is 7.68. The SMILES string of the molecule is CCCOC(=O)c1ccc(NC(=O)NS(=O)(=O)c2ccc(Cl)cc2)cc1. The van der Waals surface area contributed by atoms with Crippen molar-refractivity contribution in [3.63, 3.8) is 0 Å². The van der Waals surface area contributed by atoms with E-state index in [-0.39, 0.29) is 4.90 Å². The Bertz CT molecular complexity index is 880.